The zero-order valence-corrected chi connectivity index (χ0v) is 7.14. The monoisotopic (exact) mass is 201 g/mol. The van der Waals surface area contributed by atoms with Gasteiger partial charge in [-0.2, -0.15) is 0 Å². The first kappa shape index (κ1) is 7.34. The molecule has 1 rings (SSSR count). The summed E-state index contributed by atoms with van der Waals surface area (Å²) in [5.74, 6) is 0. The van der Waals surface area contributed by atoms with E-state index < -0.39 is 0 Å². The van der Waals surface area contributed by atoms with E-state index in [4.69, 9.17) is 5.41 Å². The first-order valence-corrected chi connectivity index (χ1v) is 3.65. The Morgan fingerprint density at radius 2 is 2.30 bits per heavy atom. The third kappa shape index (κ3) is 1.21. The van der Waals surface area contributed by atoms with Crippen LogP contribution in [-0.2, 0) is 0 Å². The van der Waals surface area contributed by atoms with Gasteiger partial charge in [-0.15, -0.1) is 0 Å². The molecule has 3 nitrogen and oxygen atoms in total. The number of aromatic nitrogens is 1. The summed E-state index contributed by atoms with van der Waals surface area (Å²) in [6.07, 6.45) is 0. The summed E-state index contributed by atoms with van der Waals surface area (Å²) in [7, 11) is 1.77. The Labute approximate surface area is 67.3 Å². The van der Waals surface area contributed by atoms with Crippen LogP contribution in [0.4, 0.5) is 0 Å². The van der Waals surface area contributed by atoms with Gasteiger partial charge in [-0.25, -0.2) is 4.68 Å². The maximum absolute atomic E-state index is 7.38. The molecule has 54 valence electrons. The fourth-order valence-corrected chi connectivity index (χ4v) is 1.23. The fourth-order valence-electron chi connectivity index (χ4n) is 0.710. The second kappa shape index (κ2) is 2.88. The number of hydrogen-bond acceptors (Lipinski definition) is 2. The minimum atomic E-state index is 0.428. The number of rotatable bonds is 1. The van der Waals surface area contributed by atoms with Crippen molar-refractivity contribution in [1.29, 1.82) is 5.41 Å². The predicted molar refractivity (Wildman–Crippen MR) is 43.3 cm³/mol. The molecule has 2 N–H and O–H groups in total. The quantitative estimate of drug-likeness (QED) is 0.652. The zero-order valence-electron chi connectivity index (χ0n) is 5.56. The minimum Gasteiger partial charge on any atom is -0.327 e. The molecule has 0 fully saturated rings. The molecule has 0 bridgehead atoms. The Balaban J connectivity index is 3.31. The van der Waals surface area contributed by atoms with E-state index in [0.717, 1.165) is 4.60 Å². The topological polar surface area (TPSA) is 40.8 Å². The van der Waals surface area contributed by atoms with Gasteiger partial charge in [-0.3, -0.25) is 5.41 Å². The summed E-state index contributed by atoms with van der Waals surface area (Å²) in [6.45, 7) is 0. The highest BCUT2D eigenvalue weighted by Gasteiger charge is 1.91. The van der Waals surface area contributed by atoms with Gasteiger partial charge in [0, 0.05) is 7.05 Å². The van der Waals surface area contributed by atoms with Crippen LogP contribution >= 0.6 is 15.9 Å². The number of pyridine rings is 1. The van der Waals surface area contributed by atoms with Crippen LogP contribution in [0.25, 0.3) is 0 Å². The molecule has 0 aromatic carbocycles. The van der Waals surface area contributed by atoms with Gasteiger partial charge < -0.3 is 5.43 Å². The van der Waals surface area contributed by atoms with E-state index in [0.29, 0.717) is 5.49 Å². The SMILES string of the molecule is CNn1c(Br)cccc1=N. The highest BCUT2D eigenvalue weighted by atomic mass is 79.9. The van der Waals surface area contributed by atoms with Crippen LogP contribution in [0.2, 0.25) is 0 Å². The molecule has 4 heteroatoms. The molecular formula is C6H8BrN3. The van der Waals surface area contributed by atoms with Crippen molar-refractivity contribution in [3.63, 3.8) is 0 Å². The highest BCUT2D eigenvalue weighted by molar-refractivity contribution is 9.10. The van der Waals surface area contributed by atoms with E-state index in [-0.39, 0.29) is 0 Å². The Bertz CT molecular complexity index is 279. The van der Waals surface area contributed by atoms with Crippen LogP contribution in [0.5, 0.6) is 0 Å². The number of halogens is 1. The predicted octanol–water partition coefficient (Wildman–Crippen LogP) is 0.903. The second-order valence-electron chi connectivity index (χ2n) is 1.79. The summed E-state index contributed by atoms with van der Waals surface area (Å²) < 4.78 is 2.47. The van der Waals surface area contributed by atoms with E-state index in [1.54, 1.807) is 17.8 Å². The van der Waals surface area contributed by atoms with E-state index in [9.17, 15) is 0 Å². The number of hydrogen-bond donors (Lipinski definition) is 2. The molecule has 0 aliphatic carbocycles. The van der Waals surface area contributed by atoms with Gasteiger partial charge in [0.25, 0.3) is 0 Å². The van der Waals surface area contributed by atoms with Crippen molar-refractivity contribution in [2.75, 3.05) is 12.5 Å². The summed E-state index contributed by atoms with van der Waals surface area (Å²) in [4.78, 5) is 0. The third-order valence-corrected chi connectivity index (χ3v) is 1.78. The number of nitrogens with one attached hydrogen (secondary N) is 2. The average Bonchev–Trinajstić information content (AvgIpc) is 1.88. The molecular weight excluding hydrogens is 194 g/mol. The van der Waals surface area contributed by atoms with Crippen molar-refractivity contribution in [3.05, 3.63) is 28.3 Å². The van der Waals surface area contributed by atoms with E-state index in [1.807, 2.05) is 12.1 Å². The van der Waals surface area contributed by atoms with Crippen LogP contribution in [0.1, 0.15) is 0 Å². The summed E-state index contributed by atoms with van der Waals surface area (Å²) in [5, 5.41) is 7.38. The summed E-state index contributed by atoms with van der Waals surface area (Å²) in [6, 6.07) is 5.40. The average molecular weight is 202 g/mol. The molecule has 0 unspecified atom stereocenters. The lowest BCUT2D eigenvalue weighted by Crippen LogP contribution is -2.26. The molecule has 0 aliphatic rings. The maximum atomic E-state index is 7.38. The zero-order chi connectivity index (χ0) is 7.56. The van der Waals surface area contributed by atoms with Crippen molar-refractivity contribution in [1.82, 2.24) is 4.68 Å². The molecule has 1 aromatic heterocycles. The Morgan fingerprint density at radius 3 is 2.70 bits per heavy atom. The fraction of sp³-hybridized carbons (Fsp3) is 0.167. The van der Waals surface area contributed by atoms with Crippen molar-refractivity contribution in [2.24, 2.45) is 0 Å². The first-order chi connectivity index (χ1) is 4.75. The van der Waals surface area contributed by atoms with Crippen molar-refractivity contribution >= 4 is 15.9 Å². The molecule has 1 aromatic rings. The molecule has 0 spiro atoms. The molecule has 0 saturated carbocycles. The van der Waals surface area contributed by atoms with Crippen LogP contribution < -0.4 is 10.9 Å². The lowest BCUT2D eigenvalue weighted by Gasteiger charge is -2.06. The smallest absolute Gasteiger partial charge is 0.144 e. The van der Waals surface area contributed by atoms with Crippen molar-refractivity contribution < 1.29 is 0 Å². The Kier molecular flexibility index (Phi) is 2.11. The Hall–Kier alpha value is -0.770. The summed E-state index contributed by atoms with van der Waals surface area (Å²) >= 11 is 3.29. The number of nitrogens with zero attached hydrogens (tertiary/aromatic N) is 1. The minimum absolute atomic E-state index is 0.428. The lowest BCUT2D eigenvalue weighted by atomic mass is 10.5. The molecule has 0 atom stereocenters. The Morgan fingerprint density at radius 1 is 1.60 bits per heavy atom. The van der Waals surface area contributed by atoms with Gasteiger partial charge in [0.1, 0.15) is 10.1 Å². The highest BCUT2D eigenvalue weighted by Crippen LogP contribution is 2.02. The molecule has 0 radical (unpaired) electrons. The van der Waals surface area contributed by atoms with Gasteiger partial charge in [0.15, 0.2) is 0 Å². The molecule has 10 heavy (non-hydrogen) atoms. The molecule has 0 amide bonds. The van der Waals surface area contributed by atoms with E-state index in [1.165, 1.54) is 0 Å². The van der Waals surface area contributed by atoms with Crippen LogP contribution in [0, 0.1) is 5.41 Å². The van der Waals surface area contributed by atoms with E-state index >= 15 is 0 Å². The largest absolute Gasteiger partial charge is 0.327 e. The van der Waals surface area contributed by atoms with Crippen LogP contribution in [-0.4, -0.2) is 11.7 Å². The molecule has 0 aliphatic heterocycles. The molecule has 0 saturated heterocycles. The van der Waals surface area contributed by atoms with Crippen molar-refractivity contribution in [2.45, 2.75) is 0 Å². The first-order valence-electron chi connectivity index (χ1n) is 2.85. The lowest BCUT2D eigenvalue weighted by molar-refractivity contribution is 0.808. The van der Waals surface area contributed by atoms with Gasteiger partial charge in [0.2, 0.25) is 0 Å². The van der Waals surface area contributed by atoms with E-state index in [2.05, 4.69) is 21.4 Å². The van der Waals surface area contributed by atoms with Crippen LogP contribution in [0.15, 0.2) is 22.8 Å². The van der Waals surface area contributed by atoms with Crippen LogP contribution in [0.3, 0.4) is 0 Å². The molecule has 1 heterocycles. The van der Waals surface area contributed by atoms with Gasteiger partial charge >= 0.3 is 0 Å². The van der Waals surface area contributed by atoms with Gasteiger partial charge in [-0.1, -0.05) is 6.07 Å². The normalized spacial score (nSPS) is 9.40. The van der Waals surface area contributed by atoms with Crippen molar-refractivity contribution in [3.8, 4) is 0 Å². The second-order valence-corrected chi connectivity index (χ2v) is 2.61. The van der Waals surface area contributed by atoms with Gasteiger partial charge in [-0.05, 0) is 28.1 Å². The summed E-state index contributed by atoms with van der Waals surface area (Å²) in [5.41, 5.74) is 3.27. The van der Waals surface area contributed by atoms with Gasteiger partial charge in [0.05, 0.1) is 0 Å². The third-order valence-electron chi connectivity index (χ3n) is 1.17. The maximum Gasteiger partial charge on any atom is 0.144 e. The standard InChI is InChI=1S/C6H8BrN3/c1-9-10-5(7)3-2-4-6(10)8/h2-4,8-9H,1H3.